The largest absolute Gasteiger partial charge is 0.458 e. The Morgan fingerprint density at radius 3 is 2.29 bits per heavy atom. The van der Waals surface area contributed by atoms with Gasteiger partial charge in [0.05, 0.1) is 0 Å². The Bertz CT molecular complexity index is 452. The number of ether oxygens (including phenoxy) is 1. The molecule has 21 heavy (non-hydrogen) atoms. The van der Waals surface area contributed by atoms with Crippen LogP contribution in [-0.2, 0) is 24.1 Å². The van der Waals surface area contributed by atoms with Gasteiger partial charge in [-0.05, 0) is 25.1 Å². The summed E-state index contributed by atoms with van der Waals surface area (Å²) in [5.74, 6) is -0.933. The van der Waals surface area contributed by atoms with Gasteiger partial charge >= 0.3 is 21.3 Å². The van der Waals surface area contributed by atoms with Crippen LogP contribution < -0.4 is 0 Å². The molecule has 0 aliphatic carbocycles. The van der Waals surface area contributed by atoms with Gasteiger partial charge in [-0.3, -0.25) is 9.35 Å². The number of carbonyl (C=O) groups is 1. The van der Waals surface area contributed by atoms with Crippen LogP contribution in [0.1, 0.15) is 26.2 Å². The maximum absolute atomic E-state index is 12.9. The number of carbonyl (C=O) groups excluding carboxylic acids is 1. The summed E-state index contributed by atoms with van der Waals surface area (Å²) in [5.41, 5.74) is 0.150. The summed E-state index contributed by atoms with van der Waals surface area (Å²) >= 11 is 0. The number of hydrogen-bond donors (Lipinski definition) is 1. The van der Waals surface area contributed by atoms with E-state index in [1.165, 1.54) is 0 Å². The number of rotatable bonds is 9. The minimum Gasteiger partial charge on any atom is -0.458 e. The van der Waals surface area contributed by atoms with Crippen LogP contribution in [0.15, 0.2) is 0 Å². The van der Waals surface area contributed by atoms with Gasteiger partial charge in [-0.25, -0.2) is 0 Å². The molecule has 0 aromatic heterocycles. The molecule has 0 rings (SSSR count). The van der Waals surface area contributed by atoms with Gasteiger partial charge in [0.1, 0.15) is 0 Å². The molecular formula is C11H22F2O6SSi. The Morgan fingerprint density at radius 1 is 1.38 bits per heavy atom. The molecule has 0 saturated heterocycles. The molecule has 6 nitrogen and oxygen atoms in total. The van der Waals surface area contributed by atoms with Gasteiger partial charge in [0.25, 0.3) is 0 Å². The zero-order valence-electron chi connectivity index (χ0n) is 12.6. The predicted octanol–water partition coefficient (Wildman–Crippen LogP) is 2.42. The van der Waals surface area contributed by atoms with Crippen molar-refractivity contribution in [2.75, 3.05) is 13.7 Å². The lowest BCUT2D eigenvalue weighted by Gasteiger charge is -2.29. The Morgan fingerprint density at radius 2 is 1.90 bits per heavy atom. The van der Waals surface area contributed by atoms with Crippen LogP contribution in [0.25, 0.3) is 0 Å². The molecule has 126 valence electrons. The molecule has 1 unspecified atom stereocenters. The summed E-state index contributed by atoms with van der Waals surface area (Å²) in [5, 5.41) is -4.49. The second-order valence-corrected chi connectivity index (χ2v) is 11.2. The van der Waals surface area contributed by atoms with Crippen molar-refractivity contribution in [1.82, 2.24) is 0 Å². The maximum atomic E-state index is 12.9. The zero-order chi connectivity index (χ0) is 16.9. The molecule has 0 aromatic rings. The first kappa shape index (κ1) is 20.4. The Labute approximate surface area is 124 Å². The van der Waals surface area contributed by atoms with Gasteiger partial charge < -0.3 is 9.16 Å². The third-order valence-electron chi connectivity index (χ3n) is 3.48. The van der Waals surface area contributed by atoms with E-state index < -0.39 is 36.3 Å². The van der Waals surface area contributed by atoms with Crippen molar-refractivity contribution in [3.8, 4) is 0 Å². The summed E-state index contributed by atoms with van der Waals surface area (Å²) in [7, 11) is -5.94. The highest BCUT2D eigenvalue weighted by Gasteiger charge is 2.45. The molecule has 10 heteroatoms. The Kier molecular flexibility index (Phi) is 7.40. The SMILES string of the molecule is CCC(CCC(=O)OCC(F)(F)S(=O)(=O)O)[Si](C)(C)OC. The molecule has 0 aliphatic heterocycles. The molecule has 0 aliphatic rings. The number of halogens is 2. The molecule has 1 N–H and O–H groups in total. The van der Waals surface area contributed by atoms with E-state index in [0.29, 0.717) is 6.42 Å². The van der Waals surface area contributed by atoms with E-state index in [2.05, 4.69) is 4.74 Å². The van der Waals surface area contributed by atoms with E-state index in [1.807, 2.05) is 20.0 Å². The van der Waals surface area contributed by atoms with E-state index in [-0.39, 0.29) is 12.0 Å². The van der Waals surface area contributed by atoms with Crippen molar-refractivity contribution in [3.05, 3.63) is 0 Å². The molecule has 0 fully saturated rings. The summed E-state index contributed by atoms with van der Waals surface area (Å²) in [6.07, 6.45) is 1.08. The van der Waals surface area contributed by atoms with Crippen molar-refractivity contribution < 1.29 is 35.7 Å². The molecular weight excluding hydrogens is 326 g/mol. The van der Waals surface area contributed by atoms with Crippen LogP contribution in [0.5, 0.6) is 0 Å². The van der Waals surface area contributed by atoms with Crippen molar-refractivity contribution in [3.63, 3.8) is 0 Å². The maximum Gasteiger partial charge on any atom is 0.402 e. The highest BCUT2D eigenvalue weighted by Crippen LogP contribution is 2.30. The number of alkyl halides is 2. The highest BCUT2D eigenvalue weighted by atomic mass is 32.2. The molecule has 0 heterocycles. The smallest absolute Gasteiger partial charge is 0.402 e. The lowest BCUT2D eigenvalue weighted by molar-refractivity contribution is -0.149. The van der Waals surface area contributed by atoms with Crippen molar-refractivity contribution in [1.29, 1.82) is 0 Å². The first-order valence-corrected chi connectivity index (χ1v) is 10.9. The van der Waals surface area contributed by atoms with Gasteiger partial charge in [0.15, 0.2) is 14.9 Å². The molecule has 0 radical (unpaired) electrons. The third-order valence-corrected chi connectivity index (χ3v) is 8.07. The average molecular weight is 348 g/mol. The summed E-state index contributed by atoms with van der Waals surface area (Å²) in [4.78, 5) is 11.4. The van der Waals surface area contributed by atoms with E-state index in [4.69, 9.17) is 8.98 Å². The molecule has 1 atom stereocenters. The van der Waals surface area contributed by atoms with Crippen LogP contribution in [0, 0.1) is 0 Å². The zero-order valence-corrected chi connectivity index (χ0v) is 14.4. The first-order chi connectivity index (χ1) is 9.37. The fraction of sp³-hybridized carbons (Fsp3) is 0.909. The lowest BCUT2D eigenvalue weighted by atomic mass is 10.2. The van der Waals surface area contributed by atoms with Gasteiger partial charge in [-0.2, -0.15) is 17.2 Å². The second-order valence-electron chi connectivity index (χ2n) is 5.22. The Balaban J connectivity index is 4.41. The van der Waals surface area contributed by atoms with Crippen molar-refractivity contribution in [2.24, 2.45) is 0 Å². The van der Waals surface area contributed by atoms with Crippen LogP contribution in [0.4, 0.5) is 8.78 Å². The van der Waals surface area contributed by atoms with Gasteiger partial charge in [0.2, 0.25) is 0 Å². The monoisotopic (exact) mass is 348 g/mol. The Hall–Kier alpha value is -0.583. The number of esters is 1. The molecule has 0 spiro atoms. The molecule has 0 aromatic carbocycles. The highest BCUT2D eigenvalue weighted by molar-refractivity contribution is 7.86. The van der Waals surface area contributed by atoms with E-state index in [0.717, 1.165) is 6.42 Å². The van der Waals surface area contributed by atoms with Gasteiger partial charge in [-0.15, -0.1) is 0 Å². The van der Waals surface area contributed by atoms with Crippen LogP contribution >= 0.6 is 0 Å². The predicted molar refractivity (Wildman–Crippen MR) is 75.2 cm³/mol. The minimum atomic E-state index is -5.58. The molecule has 0 saturated carbocycles. The average Bonchev–Trinajstić information content (AvgIpc) is 2.35. The van der Waals surface area contributed by atoms with Crippen molar-refractivity contribution >= 4 is 24.4 Å². The minimum absolute atomic E-state index is 0.111. The third kappa shape index (κ3) is 6.37. The van der Waals surface area contributed by atoms with Crippen LogP contribution in [-0.4, -0.2) is 46.2 Å². The summed E-state index contributed by atoms with van der Waals surface area (Å²) in [6.45, 7) is 4.22. The van der Waals surface area contributed by atoms with Crippen LogP contribution in [0.2, 0.25) is 18.6 Å². The van der Waals surface area contributed by atoms with E-state index >= 15 is 0 Å². The normalized spacial score (nSPS) is 14.8. The summed E-state index contributed by atoms with van der Waals surface area (Å²) in [6, 6.07) is 0. The first-order valence-electron chi connectivity index (χ1n) is 6.43. The van der Waals surface area contributed by atoms with E-state index in [1.54, 1.807) is 7.11 Å². The number of hydrogen-bond acceptors (Lipinski definition) is 5. The molecule has 0 amide bonds. The van der Waals surface area contributed by atoms with Crippen LogP contribution in [0.3, 0.4) is 0 Å². The fourth-order valence-corrected chi connectivity index (χ4v) is 4.18. The lowest BCUT2D eigenvalue weighted by Crippen LogP contribution is -2.36. The standard InChI is InChI=1S/C11H22F2O6SSi/c1-5-9(21(3,4)18-2)6-7-10(14)19-8-11(12,13)20(15,16)17/h9H,5-8H2,1-4H3,(H,15,16,17). The van der Waals surface area contributed by atoms with Crippen molar-refractivity contribution in [2.45, 2.75) is 50.1 Å². The fourth-order valence-electron chi connectivity index (χ4n) is 1.81. The molecule has 0 bridgehead atoms. The second kappa shape index (κ2) is 7.61. The topological polar surface area (TPSA) is 89.9 Å². The van der Waals surface area contributed by atoms with E-state index in [9.17, 15) is 22.0 Å². The van der Waals surface area contributed by atoms with Gasteiger partial charge in [0, 0.05) is 13.5 Å². The quantitative estimate of drug-likeness (QED) is 0.391. The van der Waals surface area contributed by atoms with Gasteiger partial charge in [-0.1, -0.05) is 13.3 Å². The summed E-state index contributed by atoms with van der Waals surface area (Å²) < 4.78 is 64.4.